The number of rotatable bonds is 1. The lowest BCUT2D eigenvalue weighted by Crippen LogP contribution is -1.94. The van der Waals surface area contributed by atoms with Crippen LogP contribution in [0.2, 0.25) is 10.0 Å². The number of benzene rings is 1. The quantitative estimate of drug-likeness (QED) is 0.719. The average molecular weight is 240 g/mol. The van der Waals surface area contributed by atoms with Gasteiger partial charge in [0, 0.05) is 11.1 Å². The van der Waals surface area contributed by atoms with E-state index in [0.717, 1.165) is 33.6 Å². The number of pyridine rings is 1. The molecule has 3 heteroatoms. The van der Waals surface area contributed by atoms with Gasteiger partial charge in [0.05, 0.1) is 15.6 Å². The third kappa shape index (κ3) is 1.70. The van der Waals surface area contributed by atoms with Gasteiger partial charge < -0.3 is 0 Å². The first-order chi connectivity index (χ1) is 7.15. The first-order valence-corrected chi connectivity index (χ1v) is 5.64. The van der Waals surface area contributed by atoms with E-state index in [9.17, 15) is 0 Å². The van der Waals surface area contributed by atoms with Crippen molar-refractivity contribution < 1.29 is 0 Å². The van der Waals surface area contributed by atoms with E-state index < -0.39 is 0 Å². The van der Waals surface area contributed by atoms with Gasteiger partial charge in [0.15, 0.2) is 0 Å². The van der Waals surface area contributed by atoms with Crippen molar-refractivity contribution in [3.05, 3.63) is 39.5 Å². The minimum Gasteiger partial charge on any atom is -0.251 e. The Bertz CT molecular complexity index is 521. The number of hydrogen-bond donors (Lipinski definition) is 0. The van der Waals surface area contributed by atoms with Gasteiger partial charge in [-0.05, 0) is 25.0 Å². The van der Waals surface area contributed by atoms with Crippen molar-refractivity contribution in [3.63, 3.8) is 0 Å². The molecule has 1 heterocycles. The van der Waals surface area contributed by atoms with Gasteiger partial charge in [-0.3, -0.25) is 4.98 Å². The van der Waals surface area contributed by atoms with E-state index in [1.807, 2.05) is 25.1 Å². The van der Waals surface area contributed by atoms with E-state index in [4.69, 9.17) is 23.2 Å². The maximum absolute atomic E-state index is 6.32. The van der Waals surface area contributed by atoms with Crippen molar-refractivity contribution in [2.24, 2.45) is 0 Å². The van der Waals surface area contributed by atoms with E-state index >= 15 is 0 Å². The van der Waals surface area contributed by atoms with Crippen molar-refractivity contribution >= 4 is 34.1 Å². The second-order valence-corrected chi connectivity index (χ2v) is 4.26. The van der Waals surface area contributed by atoms with Gasteiger partial charge in [-0.2, -0.15) is 0 Å². The summed E-state index contributed by atoms with van der Waals surface area (Å²) < 4.78 is 0. The zero-order valence-electron chi connectivity index (χ0n) is 8.64. The van der Waals surface area contributed by atoms with Crippen molar-refractivity contribution in [2.75, 3.05) is 0 Å². The van der Waals surface area contributed by atoms with E-state index in [-0.39, 0.29) is 0 Å². The van der Waals surface area contributed by atoms with Crippen LogP contribution < -0.4 is 0 Å². The minimum absolute atomic E-state index is 0.653. The monoisotopic (exact) mass is 239 g/mol. The molecule has 0 atom stereocenters. The Kier molecular flexibility index (Phi) is 2.85. The summed E-state index contributed by atoms with van der Waals surface area (Å²) in [6.45, 7) is 4.04. The zero-order chi connectivity index (χ0) is 11.0. The molecular formula is C12H11Cl2N. The molecule has 0 N–H and O–H groups in total. The molecule has 0 fully saturated rings. The summed E-state index contributed by atoms with van der Waals surface area (Å²) in [5, 5.41) is 2.37. The van der Waals surface area contributed by atoms with Gasteiger partial charge in [-0.25, -0.2) is 0 Å². The van der Waals surface area contributed by atoms with Crippen LogP contribution in [0, 0.1) is 6.92 Å². The van der Waals surface area contributed by atoms with Gasteiger partial charge in [0.25, 0.3) is 0 Å². The summed E-state index contributed by atoms with van der Waals surface area (Å²) in [6.07, 6.45) is 0.889. The maximum Gasteiger partial charge on any atom is 0.0906 e. The van der Waals surface area contributed by atoms with Gasteiger partial charge in [0.1, 0.15) is 0 Å². The third-order valence-electron chi connectivity index (χ3n) is 2.56. The van der Waals surface area contributed by atoms with Crippen molar-refractivity contribution in [1.82, 2.24) is 4.98 Å². The highest BCUT2D eigenvalue weighted by molar-refractivity contribution is 6.39. The molecule has 0 aliphatic carbocycles. The van der Waals surface area contributed by atoms with Crippen molar-refractivity contribution in [2.45, 2.75) is 20.3 Å². The molecule has 0 aliphatic heterocycles. The smallest absolute Gasteiger partial charge is 0.0906 e. The molecule has 0 unspecified atom stereocenters. The first-order valence-electron chi connectivity index (χ1n) is 4.88. The maximum atomic E-state index is 6.32. The first kappa shape index (κ1) is 10.7. The summed E-state index contributed by atoms with van der Waals surface area (Å²) in [4.78, 5) is 4.49. The standard InChI is InChI=1S/C12H11Cl2N/c1-3-8-7(2)15-12-9(11(8)14)5-4-6-10(12)13/h4-6H,3H2,1-2H3. The van der Waals surface area contributed by atoms with E-state index in [0.29, 0.717) is 5.02 Å². The number of para-hydroxylation sites is 1. The van der Waals surface area contributed by atoms with Gasteiger partial charge in [-0.15, -0.1) is 0 Å². The van der Waals surface area contributed by atoms with Gasteiger partial charge in [0.2, 0.25) is 0 Å². The highest BCUT2D eigenvalue weighted by atomic mass is 35.5. The fourth-order valence-electron chi connectivity index (χ4n) is 1.77. The number of aromatic nitrogens is 1. The largest absolute Gasteiger partial charge is 0.251 e. The molecule has 0 saturated carbocycles. The van der Waals surface area contributed by atoms with Crippen LogP contribution in [0.25, 0.3) is 10.9 Å². The Morgan fingerprint density at radius 3 is 2.67 bits per heavy atom. The number of aryl methyl sites for hydroxylation is 1. The molecule has 2 rings (SSSR count). The lowest BCUT2D eigenvalue weighted by atomic mass is 10.1. The molecule has 0 spiro atoms. The molecule has 1 aromatic heterocycles. The Balaban J connectivity index is 2.91. The van der Waals surface area contributed by atoms with E-state index in [1.165, 1.54) is 0 Å². The molecule has 1 nitrogen and oxygen atoms in total. The third-order valence-corrected chi connectivity index (χ3v) is 3.29. The van der Waals surface area contributed by atoms with E-state index in [1.54, 1.807) is 0 Å². The Morgan fingerprint density at radius 2 is 2.00 bits per heavy atom. The van der Waals surface area contributed by atoms with Crippen LogP contribution in [-0.2, 0) is 6.42 Å². The Morgan fingerprint density at radius 1 is 1.27 bits per heavy atom. The van der Waals surface area contributed by atoms with Gasteiger partial charge in [-0.1, -0.05) is 42.3 Å². The minimum atomic E-state index is 0.653. The van der Waals surface area contributed by atoms with Crippen molar-refractivity contribution in [3.8, 4) is 0 Å². The fourth-order valence-corrected chi connectivity index (χ4v) is 2.41. The Labute approximate surface area is 99.0 Å². The summed E-state index contributed by atoms with van der Waals surface area (Å²) in [6, 6.07) is 5.68. The fraction of sp³-hybridized carbons (Fsp3) is 0.250. The van der Waals surface area contributed by atoms with Crippen LogP contribution >= 0.6 is 23.2 Å². The zero-order valence-corrected chi connectivity index (χ0v) is 10.2. The number of halogens is 2. The molecule has 0 aliphatic rings. The van der Waals surface area contributed by atoms with Crippen LogP contribution in [0.3, 0.4) is 0 Å². The molecule has 15 heavy (non-hydrogen) atoms. The highest BCUT2D eigenvalue weighted by Crippen LogP contribution is 2.31. The van der Waals surface area contributed by atoms with Crippen molar-refractivity contribution in [1.29, 1.82) is 0 Å². The molecule has 0 bridgehead atoms. The molecule has 2 aromatic rings. The normalized spacial score (nSPS) is 10.9. The second-order valence-electron chi connectivity index (χ2n) is 3.48. The number of hydrogen-bond acceptors (Lipinski definition) is 1. The molecule has 0 saturated heterocycles. The van der Waals surface area contributed by atoms with Crippen LogP contribution in [0.4, 0.5) is 0 Å². The molecule has 1 aromatic carbocycles. The lowest BCUT2D eigenvalue weighted by Gasteiger charge is -2.09. The average Bonchev–Trinajstić information content (AvgIpc) is 2.20. The topological polar surface area (TPSA) is 12.9 Å². The molecule has 0 radical (unpaired) electrons. The van der Waals surface area contributed by atoms with E-state index in [2.05, 4.69) is 11.9 Å². The predicted octanol–water partition coefficient (Wildman–Crippen LogP) is 4.41. The SMILES string of the molecule is CCc1c(C)nc2c(Cl)cccc2c1Cl. The second kappa shape index (κ2) is 3.99. The molecule has 0 amide bonds. The van der Waals surface area contributed by atoms with Crippen LogP contribution in [0.1, 0.15) is 18.2 Å². The predicted molar refractivity (Wildman–Crippen MR) is 65.9 cm³/mol. The van der Waals surface area contributed by atoms with Crippen LogP contribution in [0.15, 0.2) is 18.2 Å². The molecular weight excluding hydrogens is 229 g/mol. The van der Waals surface area contributed by atoms with Gasteiger partial charge >= 0.3 is 0 Å². The van der Waals surface area contributed by atoms with Crippen LogP contribution in [0.5, 0.6) is 0 Å². The molecule has 78 valence electrons. The number of fused-ring (bicyclic) bond motifs is 1. The highest BCUT2D eigenvalue weighted by Gasteiger charge is 2.10. The summed E-state index contributed by atoms with van der Waals surface area (Å²) in [5.74, 6) is 0. The summed E-state index contributed by atoms with van der Waals surface area (Å²) >= 11 is 12.4. The van der Waals surface area contributed by atoms with Crippen LogP contribution in [-0.4, -0.2) is 4.98 Å². The lowest BCUT2D eigenvalue weighted by molar-refractivity contribution is 1.07. The summed E-state index contributed by atoms with van der Waals surface area (Å²) in [7, 11) is 0. The summed E-state index contributed by atoms with van der Waals surface area (Å²) in [5.41, 5.74) is 2.86. The Hall–Kier alpha value is -0.790. The number of nitrogens with zero attached hydrogens (tertiary/aromatic N) is 1.